The Morgan fingerprint density at radius 3 is 1.94 bits per heavy atom. The molecule has 0 amide bonds. The quantitative estimate of drug-likeness (QED) is 0.740. The Morgan fingerprint density at radius 1 is 0.882 bits per heavy atom. The Labute approximate surface area is 104 Å². The topological polar surface area (TPSA) is 47.6 Å². The van der Waals surface area contributed by atoms with Crippen molar-refractivity contribution in [2.45, 2.75) is 51.4 Å². The average molecular weight is 228 g/mol. The van der Waals surface area contributed by atoms with Gasteiger partial charge in [-0.15, -0.1) is 0 Å². The molecule has 0 spiro atoms. The summed E-state index contributed by atoms with van der Waals surface area (Å²) in [6.07, 6.45) is 9.16. The van der Waals surface area contributed by atoms with Gasteiger partial charge in [-0.3, -0.25) is 0 Å². The minimum Gasteiger partial charge on any atom is -0.198 e. The van der Waals surface area contributed by atoms with Crippen molar-refractivity contribution in [2.24, 2.45) is 29.1 Å². The Kier molecular flexibility index (Phi) is 2.62. The lowest BCUT2D eigenvalue weighted by Crippen LogP contribution is -2.52. The Bertz CT molecular complexity index is 357. The highest BCUT2D eigenvalue weighted by Crippen LogP contribution is 2.64. The monoisotopic (exact) mass is 228 g/mol. The van der Waals surface area contributed by atoms with Crippen LogP contribution in [0.15, 0.2) is 0 Å². The lowest BCUT2D eigenvalue weighted by Gasteiger charge is -2.61. The molecule has 4 saturated carbocycles. The fraction of sp³-hybridized carbons (Fsp3) is 0.867. The molecule has 0 aromatic carbocycles. The molecule has 4 bridgehead atoms. The van der Waals surface area contributed by atoms with E-state index in [4.69, 9.17) is 5.26 Å². The van der Waals surface area contributed by atoms with Crippen molar-refractivity contribution in [3.05, 3.63) is 0 Å². The average Bonchev–Trinajstić information content (AvgIpc) is 2.31. The van der Waals surface area contributed by atoms with E-state index in [9.17, 15) is 5.26 Å². The summed E-state index contributed by atoms with van der Waals surface area (Å²) < 4.78 is 0. The molecule has 0 heterocycles. The van der Waals surface area contributed by atoms with Crippen LogP contribution >= 0.6 is 0 Å². The number of hydrogen-bond donors (Lipinski definition) is 0. The van der Waals surface area contributed by atoms with Gasteiger partial charge < -0.3 is 0 Å². The number of nitriles is 2. The van der Waals surface area contributed by atoms with Crippen molar-refractivity contribution in [3.63, 3.8) is 0 Å². The fourth-order valence-electron chi connectivity index (χ4n) is 5.34. The maximum Gasteiger partial charge on any atom is 0.0627 e. The largest absolute Gasteiger partial charge is 0.198 e. The first-order valence-electron chi connectivity index (χ1n) is 7.02. The second-order valence-electron chi connectivity index (χ2n) is 6.53. The van der Waals surface area contributed by atoms with Crippen LogP contribution in [0.2, 0.25) is 0 Å². The van der Waals surface area contributed by atoms with E-state index in [0.29, 0.717) is 12.8 Å². The smallest absolute Gasteiger partial charge is 0.0627 e. The van der Waals surface area contributed by atoms with Crippen LogP contribution in [0.3, 0.4) is 0 Å². The van der Waals surface area contributed by atoms with E-state index in [0.717, 1.165) is 30.1 Å². The Balaban J connectivity index is 1.88. The first kappa shape index (κ1) is 11.1. The van der Waals surface area contributed by atoms with Crippen molar-refractivity contribution in [1.82, 2.24) is 0 Å². The summed E-state index contributed by atoms with van der Waals surface area (Å²) in [6.45, 7) is 0. The summed E-state index contributed by atoms with van der Waals surface area (Å²) in [7, 11) is 0. The van der Waals surface area contributed by atoms with Crippen molar-refractivity contribution < 1.29 is 0 Å². The van der Waals surface area contributed by atoms with Crippen molar-refractivity contribution in [1.29, 1.82) is 10.5 Å². The minimum absolute atomic E-state index is 0.220. The van der Waals surface area contributed by atoms with Crippen LogP contribution in [-0.4, -0.2) is 0 Å². The van der Waals surface area contributed by atoms with Gasteiger partial charge in [0.2, 0.25) is 0 Å². The van der Waals surface area contributed by atoms with Gasteiger partial charge in [-0.2, -0.15) is 10.5 Å². The molecule has 4 rings (SSSR count). The predicted molar refractivity (Wildman–Crippen MR) is 64.6 cm³/mol. The molecule has 90 valence electrons. The van der Waals surface area contributed by atoms with Crippen molar-refractivity contribution in [3.8, 4) is 12.1 Å². The normalized spacial score (nSPS) is 46.5. The third-order valence-electron chi connectivity index (χ3n) is 5.87. The molecule has 0 saturated heterocycles. The maximum absolute atomic E-state index is 9.18. The molecular weight excluding hydrogens is 208 g/mol. The van der Waals surface area contributed by atoms with E-state index in [1.807, 2.05) is 0 Å². The zero-order valence-electron chi connectivity index (χ0n) is 10.4. The minimum atomic E-state index is 0.220. The van der Waals surface area contributed by atoms with Crippen LogP contribution in [0.25, 0.3) is 0 Å². The summed E-state index contributed by atoms with van der Waals surface area (Å²) in [5.74, 6) is 3.41. The van der Waals surface area contributed by atoms with Crippen LogP contribution in [-0.2, 0) is 0 Å². The molecule has 0 atom stereocenters. The third-order valence-corrected chi connectivity index (χ3v) is 5.87. The summed E-state index contributed by atoms with van der Waals surface area (Å²) in [4.78, 5) is 0. The van der Waals surface area contributed by atoms with Gasteiger partial charge in [0.05, 0.1) is 12.1 Å². The molecule has 0 aliphatic heterocycles. The summed E-state index contributed by atoms with van der Waals surface area (Å²) in [6, 6.07) is 4.74. The Morgan fingerprint density at radius 2 is 1.47 bits per heavy atom. The molecule has 0 unspecified atom stereocenters. The zero-order chi connectivity index (χ0) is 11.9. The van der Waals surface area contributed by atoms with Crippen LogP contribution in [0.1, 0.15) is 51.4 Å². The molecule has 2 heteroatoms. The second-order valence-corrected chi connectivity index (χ2v) is 6.53. The molecule has 0 aromatic heterocycles. The van der Waals surface area contributed by atoms with E-state index < -0.39 is 0 Å². The molecule has 4 fully saturated rings. The Hall–Kier alpha value is -1.02. The standard InChI is InChI=1S/C15H20N2/c16-4-1-2-15(3-5-17)13-7-11-6-12(9-13)10-14(15)8-11/h11-14H,1-3,6-10H2. The van der Waals surface area contributed by atoms with E-state index in [1.54, 1.807) is 0 Å². The van der Waals surface area contributed by atoms with E-state index in [1.165, 1.54) is 32.1 Å². The number of hydrogen-bond acceptors (Lipinski definition) is 2. The lowest BCUT2D eigenvalue weighted by molar-refractivity contribution is -0.110. The van der Waals surface area contributed by atoms with E-state index in [2.05, 4.69) is 12.1 Å². The number of rotatable bonds is 3. The lowest BCUT2D eigenvalue weighted by atomic mass is 9.44. The maximum atomic E-state index is 9.18. The molecule has 4 aliphatic rings. The summed E-state index contributed by atoms with van der Waals surface area (Å²) in [5.41, 5.74) is 0.220. The van der Waals surface area contributed by atoms with Gasteiger partial charge in [-0.1, -0.05) is 0 Å². The molecule has 0 aromatic rings. The van der Waals surface area contributed by atoms with E-state index >= 15 is 0 Å². The second kappa shape index (κ2) is 4.02. The van der Waals surface area contributed by atoms with Crippen molar-refractivity contribution >= 4 is 0 Å². The van der Waals surface area contributed by atoms with Gasteiger partial charge in [0, 0.05) is 12.8 Å². The van der Waals surface area contributed by atoms with Crippen LogP contribution in [0.5, 0.6) is 0 Å². The molecule has 0 radical (unpaired) electrons. The molecule has 4 aliphatic carbocycles. The third kappa shape index (κ3) is 1.58. The summed E-state index contributed by atoms with van der Waals surface area (Å²) in [5, 5.41) is 18.1. The predicted octanol–water partition coefficient (Wildman–Crippen LogP) is 3.65. The van der Waals surface area contributed by atoms with Gasteiger partial charge in [0.15, 0.2) is 0 Å². The van der Waals surface area contributed by atoms with Crippen LogP contribution < -0.4 is 0 Å². The van der Waals surface area contributed by atoms with Gasteiger partial charge in [0.1, 0.15) is 0 Å². The molecule has 2 nitrogen and oxygen atoms in total. The van der Waals surface area contributed by atoms with Gasteiger partial charge >= 0.3 is 0 Å². The van der Waals surface area contributed by atoms with Crippen LogP contribution in [0.4, 0.5) is 0 Å². The van der Waals surface area contributed by atoms with E-state index in [-0.39, 0.29) is 5.41 Å². The first-order chi connectivity index (χ1) is 8.28. The molecule has 0 N–H and O–H groups in total. The molecular formula is C15H20N2. The highest BCUT2D eigenvalue weighted by Gasteiger charge is 2.56. The molecule has 17 heavy (non-hydrogen) atoms. The number of nitrogens with zero attached hydrogens (tertiary/aromatic N) is 2. The van der Waals surface area contributed by atoms with Gasteiger partial charge in [-0.25, -0.2) is 0 Å². The summed E-state index contributed by atoms with van der Waals surface area (Å²) >= 11 is 0. The highest BCUT2D eigenvalue weighted by molar-refractivity contribution is 5.09. The van der Waals surface area contributed by atoms with Crippen LogP contribution in [0, 0.1) is 51.7 Å². The van der Waals surface area contributed by atoms with Gasteiger partial charge in [-0.05, 0) is 67.6 Å². The fourth-order valence-corrected chi connectivity index (χ4v) is 5.34. The zero-order valence-corrected chi connectivity index (χ0v) is 10.4. The highest BCUT2D eigenvalue weighted by atomic mass is 14.6. The first-order valence-corrected chi connectivity index (χ1v) is 7.02. The van der Waals surface area contributed by atoms with Gasteiger partial charge in [0.25, 0.3) is 0 Å². The SMILES string of the molecule is N#CCCC1(CC#N)C2CC3CC(C2)CC1C3. The van der Waals surface area contributed by atoms with Crippen molar-refractivity contribution in [2.75, 3.05) is 0 Å².